The molecule has 2 nitrogen and oxygen atoms in total. The van der Waals surface area contributed by atoms with Crippen LogP contribution in [0.5, 0.6) is 0 Å². The lowest BCUT2D eigenvalue weighted by Crippen LogP contribution is -2.34. The zero-order valence-corrected chi connectivity index (χ0v) is 7.72. The quantitative estimate of drug-likeness (QED) is 0.595. The fraction of sp³-hybridized carbons (Fsp3) is 1.00. The normalized spacial score (nSPS) is 32.7. The van der Waals surface area contributed by atoms with Gasteiger partial charge in [-0.3, -0.25) is 0 Å². The van der Waals surface area contributed by atoms with Crippen molar-refractivity contribution >= 4 is 0 Å². The number of rotatable bonds is 1. The van der Waals surface area contributed by atoms with Gasteiger partial charge in [0.05, 0.1) is 0 Å². The second-order valence-electron chi connectivity index (χ2n) is 4.61. The minimum absolute atomic E-state index is 0.333. The van der Waals surface area contributed by atoms with Crippen molar-refractivity contribution in [2.24, 2.45) is 11.3 Å². The molecule has 1 saturated heterocycles. The summed E-state index contributed by atoms with van der Waals surface area (Å²) in [5.74, 6) is 0.485. The Hall–Kier alpha value is -0.0800. The summed E-state index contributed by atoms with van der Waals surface area (Å²) in [7, 11) is 0. The predicted molar refractivity (Wildman–Crippen MR) is 46.4 cm³/mol. The molecule has 1 aliphatic rings. The monoisotopic (exact) mass is 157 g/mol. The molecule has 0 aromatic heterocycles. The standard InChI is InChI=1S/C9H19NO/c1-9(2,3)8-4-7(6-11)5-10-8/h7-8,10-11H,4-6H2,1-3H3. The van der Waals surface area contributed by atoms with Gasteiger partial charge in [0.1, 0.15) is 0 Å². The van der Waals surface area contributed by atoms with Gasteiger partial charge in [-0.2, -0.15) is 0 Å². The number of aliphatic hydroxyl groups excluding tert-OH is 1. The maximum Gasteiger partial charge on any atom is 0.0471 e. The summed E-state index contributed by atoms with van der Waals surface area (Å²) in [6.07, 6.45) is 1.12. The van der Waals surface area contributed by atoms with Crippen LogP contribution in [0.15, 0.2) is 0 Å². The van der Waals surface area contributed by atoms with Gasteiger partial charge in [-0.05, 0) is 17.8 Å². The molecule has 0 bridgehead atoms. The highest BCUT2D eigenvalue weighted by atomic mass is 16.3. The third-order valence-electron chi connectivity index (χ3n) is 2.53. The average molecular weight is 157 g/mol. The topological polar surface area (TPSA) is 32.3 Å². The minimum Gasteiger partial charge on any atom is -0.396 e. The molecule has 0 aromatic rings. The van der Waals surface area contributed by atoms with E-state index in [1.165, 1.54) is 0 Å². The van der Waals surface area contributed by atoms with Crippen molar-refractivity contribution in [1.29, 1.82) is 0 Å². The number of nitrogens with one attached hydrogen (secondary N) is 1. The molecule has 0 aliphatic carbocycles. The first-order valence-electron chi connectivity index (χ1n) is 4.38. The zero-order valence-electron chi connectivity index (χ0n) is 7.72. The van der Waals surface area contributed by atoms with Crippen LogP contribution in [0.25, 0.3) is 0 Å². The number of aliphatic hydroxyl groups is 1. The van der Waals surface area contributed by atoms with Gasteiger partial charge in [0, 0.05) is 19.2 Å². The SMILES string of the molecule is CC(C)(C)C1CC(CO)CN1. The van der Waals surface area contributed by atoms with Crippen molar-refractivity contribution in [3.63, 3.8) is 0 Å². The Bertz CT molecular complexity index is 128. The van der Waals surface area contributed by atoms with Gasteiger partial charge < -0.3 is 10.4 Å². The van der Waals surface area contributed by atoms with Gasteiger partial charge in [-0.1, -0.05) is 20.8 Å². The van der Waals surface area contributed by atoms with Crippen LogP contribution >= 0.6 is 0 Å². The molecule has 0 saturated carbocycles. The van der Waals surface area contributed by atoms with E-state index in [-0.39, 0.29) is 0 Å². The van der Waals surface area contributed by atoms with E-state index in [0.29, 0.717) is 24.0 Å². The van der Waals surface area contributed by atoms with Crippen LogP contribution in [-0.4, -0.2) is 24.3 Å². The Kier molecular flexibility index (Phi) is 2.55. The molecule has 1 rings (SSSR count). The van der Waals surface area contributed by atoms with Gasteiger partial charge >= 0.3 is 0 Å². The lowest BCUT2D eigenvalue weighted by atomic mass is 9.84. The van der Waals surface area contributed by atoms with Crippen molar-refractivity contribution in [2.75, 3.05) is 13.2 Å². The second kappa shape index (κ2) is 3.11. The van der Waals surface area contributed by atoms with E-state index in [2.05, 4.69) is 26.1 Å². The highest BCUT2D eigenvalue weighted by Crippen LogP contribution is 2.28. The predicted octanol–water partition coefficient (Wildman–Crippen LogP) is 1.00. The van der Waals surface area contributed by atoms with Gasteiger partial charge in [-0.25, -0.2) is 0 Å². The van der Waals surface area contributed by atoms with Crippen LogP contribution in [0.2, 0.25) is 0 Å². The van der Waals surface area contributed by atoms with E-state index in [0.717, 1.165) is 13.0 Å². The molecule has 1 fully saturated rings. The van der Waals surface area contributed by atoms with Crippen LogP contribution < -0.4 is 5.32 Å². The van der Waals surface area contributed by atoms with Crippen molar-refractivity contribution in [3.8, 4) is 0 Å². The minimum atomic E-state index is 0.333. The number of hydrogen-bond acceptors (Lipinski definition) is 2. The fourth-order valence-electron chi connectivity index (χ4n) is 1.61. The van der Waals surface area contributed by atoms with Gasteiger partial charge in [0.25, 0.3) is 0 Å². The molecule has 11 heavy (non-hydrogen) atoms. The van der Waals surface area contributed by atoms with Crippen LogP contribution in [0.4, 0.5) is 0 Å². The average Bonchev–Trinajstić information content (AvgIpc) is 2.32. The summed E-state index contributed by atoms with van der Waals surface area (Å²) in [6, 6.07) is 0.583. The molecular formula is C9H19NO. The van der Waals surface area contributed by atoms with Crippen LogP contribution in [-0.2, 0) is 0 Å². The second-order valence-corrected chi connectivity index (χ2v) is 4.61. The molecule has 0 amide bonds. The fourth-order valence-corrected chi connectivity index (χ4v) is 1.61. The van der Waals surface area contributed by atoms with Gasteiger partial charge in [0.15, 0.2) is 0 Å². The molecule has 2 atom stereocenters. The molecule has 0 spiro atoms. The maximum atomic E-state index is 8.91. The first-order valence-corrected chi connectivity index (χ1v) is 4.38. The third kappa shape index (κ3) is 2.17. The molecular weight excluding hydrogens is 138 g/mol. The van der Waals surface area contributed by atoms with Crippen molar-refractivity contribution in [2.45, 2.75) is 33.2 Å². The summed E-state index contributed by atoms with van der Waals surface area (Å²) in [5, 5.41) is 12.3. The molecule has 0 aromatic carbocycles. The van der Waals surface area contributed by atoms with Gasteiger partial charge in [0.2, 0.25) is 0 Å². The number of hydrogen-bond donors (Lipinski definition) is 2. The first kappa shape index (κ1) is 9.01. The van der Waals surface area contributed by atoms with E-state index in [4.69, 9.17) is 5.11 Å². The van der Waals surface area contributed by atoms with E-state index in [1.54, 1.807) is 0 Å². The zero-order chi connectivity index (χ0) is 8.48. The molecule has 2 heteroatoms. The summed E-state index contributed by atoms with van der Waals surface area (Å²) >= 11 is 0. The smallest absolute Gasteiger partial charge is 0.0471 e. The third-order valence-corrected chi connectivity index (χ3v) is 2.53. The maximum absolute atomic E-state index is 8.91. The van der Waals surface area contributed by atoms with Gasteiger partial charge in [-0.15, -0.1) is 0 Å². The summed E-state index contributed by atoms with van der Waals surface area (Å²) in [5.41, 5.74) is 0.337. The molecule has 1 heterocycles. The highest BCUT2D eigenvalue weighted by molar-refractivity contribution is 4.88. The Morgan fingerprint density at radius 1 is 1.45 bits per heavy atom. The Balaban J connectivity index is 2.42. The van der Waals surface area contributed by atoms with E-state index >= 15 is 0 Å². The van der Waals surface area contributed by atoms with Crippen LogP contribution in [0.1, 0.15) is 27.2 Å². The molecule has 0 radical (unpaired) electrons. The van der Waals surface area contributed by atoms with Crippen LogP contribution in [0, 0.1) is 11.3 Å². The largest absolute Gasteiger partial charge is 0.396 e. The molecule has 1 aliphatic heterocycles. The van der Waals surface area contributed by atoms with Crippen molar-refractivity contribution < 1.29 is 5.11 Å². The highest BCUT2D eigenvalue weighted by Gasteiger charge is 2.31. The van der Waals surface area contributed by atoms with Crippen LogP contribution in [0.3, 0.4) is 0 Å². The first-order chi connectivity index (χ1) is 5.04. The molecule has 2 unspecified atom stereocenters. The lowest BCUT2D eigenvalue weighted by molar-refractivity contribution is 0.225. The Morgan fingerprint density at radius 2 is 2.09 bits per heavy atom. The Labute approximate surface area is 69.0 Å². The lowest BCUT2D eigenvalue weighted by Gasteiger charge is -2.26. The summed E-state index contributed by atoms with van der Waals surface area (Å²) in [6.45, 7) is 8.04. The van der Waals surface area contributed by atoms with Crippen molar-refractivity contribution in [3.05, 3.63) is 0 Å². The summed E-state index contributed by atoms with van der Waals surface area (Å²) in [4.78, 5) is 0. The van der Waals surface area contributed by atoms with Crippen molar-refractivity contribution in [1.82, 2.24) is 5.32 Å². The Morgan fingerprint density at radius 3 is 2.36 bits per heavy atom. The van der Waals surface area contributed by atoms with E-state index < -0.39 is 0 Å². The molecule has 66 valence electrons. The molecule has 2 N–H and O–H groups in total. The van der Waals surface area contributed by atoms with E-state index in [1.807, 2.05) is 0 Å². The summed E-state index contributed by atoms with van der Waals surface area (Å²) < 4.78 is 0. The van der Waals surface area contributed by atoms with E-state index in [9.17, 15) is 0 Å².